The largest absolute Gasteiger partial charge is 0.346 e. The maximum atomic E-state index is 11.8. The summed E-state index contributed by atoms with van der Waals surface area (Å²) in [7, 11) is 0. The molecular formula is C14H26N4O2. The normalized spacial score (nSPS) is 21.1. The zero-order valence-electron chi connectivity index (χ0n) is 12.4. The first-order valence-electron chi connectivity index (χ1n) is 7.68. The van der Waals surface area contributed by atoms with Gasteiger partial charge in [-0.25, -0.2) is 0 Å². The number of nitrogens with one attached hydrogen (secondary N) is 1. The Hall–Kier alpha value is -1.14. The van der Waals surface area contributed by atoms with E-state index in [2.05, 4.69) is 22.0 Å². The summed E-state index contributed by atoms with van der Waals surface area (Å²) in [5, 5.41) is 2.75. The molecule has 2 aliphatic heterocycles. The van der Waals surface area contributed by atoms with Crippen molar-refractivity contribution >= 4 is 11.8 Å². The van der Waals surface area contributed by atoms with E-state index in [1.54, 1.807) is 0 Å². The molecular weight excluding hydrogens is 256 g/mol. The lowest BCUT2D eigenvalue weighted by molar-refractivity contribution is -0.132. The second-order valence-electron chi connectivity index (χ2n) is 5.58. The molecule has 1 N–H and O–H groups in total. The molecule has 2 heterocycles. The van der Waals surface area contributed by atoms with Crippen LogP contribution in [-0.4, -0.2) is 85.4 Å². The first-order chi connectivity index (χ1) is 9.69. The van der Waals surface area contributed by atoms with Crippen LogP contribution in [0, 0.1) is 0 Å². The van der Waals surface area contributed by atoms with Crippen LogP contribution in [0.3, 0.4) is 0 Å². The molecule has 2 rings (SSSR count). The number of likely N-dealkylation sites (N-methyl/N-ethyl adjacent to an activating group) is 1. The van der Waals surface area contributed by atoms with E-state index in [4.69, 9.17) is 0 Å². The maximum Gasteiger partial charge on any atom is 0.241 e. The zero-order valence-corrected chi connectivity index (χ0v) is 12.4. The van der Waals surface area contributed by atoms with Crippen LogP contribution in [0.1, 0.15) is 19.8 Å². The van der Waals surface area contributed by atoms with Crippen molar-refractivity contribution in [1.29, 1.82) is 0 Å². The van der Waals surface area contributed by atoms with Gasteiger partial charge in [0.05, 0.1) is 13.1 Å². The highest BCUT2D eigenvalue weighted by molar-refractivity contribution is 5.85. The third kappa shape index (κ3) is 4.45. The van der Waals surface area contributed by atoms with Crippen LogP contribution in [0.15, 0.2) is 0 Å². The van der Waals surface area contributed by atoms with E-state index in [0.29, 0.717) is 6.54 Å². The molecule has 0 aromatic rings. The Balaban J connectivity index is 1.61. The zero-order chi connectivity index (χ0) is 14.4. The fraction of sp³-hybridized carbons (Fsp3) is 0.857. The quantitative estimate of drug-likeness (QED) is 0.729. The van der Waals surface area contributed by atoms with Gasteiger partial charge in [0, 0.05) is 39.3 Å². The molecule has 6 heteroatoms. The van der Waals surface area contributed by atoms with Gasteiger partial charge in [-0.2, -0.15) is 0 Å². The van der Waals surface area contributed by atoms with E-state index < -0.39 is 0 Å². The van der Waals surface area contributed by atoms with Crippen molar-refractivity contribution in [1.82, 2.24) is 20.0 Å². The van der Waals surface area contributed by atoms with Crippen molar-refractivity contribution in [2.24, 2.45) is 0 Å². The Kier molecular flexibility index (Phi) is 5.79. The minimum absolute atomic E-state index is 0.0394. The molecule has 2 aliphatic rings. The molecule has 0 aromatic carbocycles. The fourth-order valence-electron chi connectivity index (χ4n) is 2.78. The molecule has 0 atom stereocenters. The highest BCUT2D eigenvalue weighted by atomic mass is 16.2. The highest BCUT2D eigenvalue weighted by Gasteiger charge is 2.20. The SMILES string of the molecule is CCN1CCN(CC(=O)NCC(=O)N2CCCC2)CC1. The summed E-state index contributed by atoms with van der Waals surface area (Å²) in [6.45, 7) is 9.38. The van der Waals surface area contributed by atoms with E-state index in [0.717, 1.165) is 58.7 Å². The van der Waals surface area contributed by atoms with Gasteiger partial charge in [0.1, 0.15) is 0 Å². The number of piperazine rings is 1. The van der Waals surface area contributed by atoms with E-state index in [-0.39, 0.29) is 18.4 Å². The van der Waals surface area contributed by atoms with E-state index >= 15 is 0 Å². The summed E-state index contributed by atoms with van der Waals surface area (Å²) in [5.74, 6) is 0.00847. The Morgan fingerprint density at radius 1 is 0.950 bits per heavy atom. The van der Waals surface area contributed by atoms with Crippen LogP contribution >= 0.6 is 0 Å². The van der Waals surface area contributed by atoms with Crippen LogP contribution in [0.4, 0.5) is 0 Å². The topological polar surface area (TPSA) is 55.9 Å². The van der Waals surface area contributed by atoms with Crippen molar-refractivity contribution in [2.45, 2.75) is 19.8 Å². The number of likely N-dealkylation sites (tertiary alicyclic amines) is 1. The molecule has 0 radical (unpaired) electrons. The summed E-state index contributed by atoms with van der Waals surface area (Å²) in [6, 6.07) is 0. The summed E-state index contributed by atoms with van der Waals surface area (Å²) in [6.07, 6.45) is 2.17. The average Bonchev–Trinajstić information content (AvgIpc) is 3.00. The van der Waals surface area contributed by atoms with Crippen LogP contribution in [0.2, 0.25) is 0 Å². The number of hydrogen-bond acceptors (Lipinski definition) is 4. The van der Waals surface area contributed by atoms with Gasteiger partial charge in [-0.1, -0.05) is 6.92 Å². The second kappa shape index (κ2) is 7.59. The third-order valence-corrected chi connectivity index (χ3v) is 4.17. The molecule has 20 heavy (non-hydrogen) atoms. The number of carbonyl (C=O) groups excluding carboxylic acids is 2. The van der Waals surface area contributed by atoms with Crippen molar-refractivity contribution in [3.63, 3.8) is 0 Å². The summed E-state index contributed by atoms with van der Waals surface area (Å²) < 4.78 is 0. The Labute approximate surface area is 121 Å². The third-order valence-electron chi connectivity index (χ3n) is 4.17. The van der Waals surface area contributed by atoms with Gasteiger partial charge in [0.25, 0.3) is 0 Å². The molecule has 0 unspecified atom stereocenters. The van der Waals surface area contributed by atoms with Crippen LogP contribution in [0.5, 0.6) is 0 Å². The van der Waals surface area contributed by atoms with Crippen molar-refractivity contribution < 1.29 is 9.59 Å². The van der Waals surface area contributed by atoms with Gasteiger partial charge >= 0.3 is 0 Å². The number of nitrogens with zero attached hydrogens (tertiary/aromatic N) is 3. The highest BCUT2D eigenvalue weighted by Crippen LogP contribution is 2.06. The lowest BCUT2D eigenvalue weighted by Crippen LogP contribution is -2.50. The van der Waals surface area contributed by atoms with Crippen molar-refractivity contribution in [2.75, 3.05) is 58.9 Å². The van der Waals surface area contributed by atoms with Crippen LogP contribution < -0.4 is 5.32 Å². The second-order valence-corrected chi connectivity index (χ2v) is 5.58. The summed E-state index contributed by atoms with van der Waals surface area (Å²) in [4.78, 5) is 30.0. The van der Waals surface area contributed by atoms with Crippen molar-refractivity contribution in [3.8, 4) is 0 Å². The number of amides is 2. The first-order valence-corrected chi connectivity index (χ1v) is 7.68. The molecule has 0 saturated carbocycles. The predicted octanol–water partition coefficient (Wildman–Crippen LogP) is -0.637. The molecule has 0 aromatic heterocycles. The van der Waals surface area contributed by atoms with Gasteiger partial charge < -0.3 is 15.1 Å². The summed E-state index contributed by atoms with van der Waals surface area (Å²) >= 11 is 0. The van der Waals surface area contributed by atoms with Crippen LogP contribution in [-0.2, 0) is 9.59 Å². The molecule has 2 saturated heterocycles. The van der Waals surface area contributed by atoms with Gasteiger partial charge in [-0.05, 0) is 19.4 Å². The molecule has 114 valence electrons. The number of carbonyl (C=O) groups is 2. The van der Waals surface area contributed by atoms with Gasteiger partial charge in [-0.3, -0.25) is 14.5 Å². The molecule has 0 aliphatic carbocycles. The first kappa shape index (κ1) is 15.3. The average molecular weight is 282 g/mol. The van der Waals surface area contributed by atoms with E-state index in [9.17, 15) is 9.59 Å². The van der Waals surface area contributed by atoms with E-state index in [1.165, 1.54) is 0 Å². The van der Waals surface area contributed by atoms with Crippen molar-refractivity contribution in [3.05, 3.63) is 0 Å². The summed E-state index contributed by atoms with van der Waals surface area (Å²) in [5.41, 5.74) is 0. The predicted molar refractivity (Wildman–Crippen MR) is 77.4 cm³/mol. The Bertz CT molecular complexity index is 334. The minimum Gasteiger partial charge on any atom is -0.346 e. The van der Waals surface area contributed by atoms with E-state index in [1.807, 2.05) is 4.90 Å². The number of rotatable bonds is 5. The standard InChI is InChI=1S/C14H26N4O2/c1-2-16-7-9-17(10-8-16)12-13(19)15-11-14(20)18-5-3-4-6-18/h2-12H2,1H3,(H,15,19). The molecule has 6 nitrogen and oxygen atoms in total. The van der Waals surface area contributed by atoms with Crippen LogP contribution in [0.25, 0.3) is 0 Å². The monoisotopic (exact) mass is 282 g/mol. The molecule has 2 fully saturated rings. The lowest BCUT2D eigenvalue weighted by Gasteiger charge is -2.33. The Morgan fingerprint density at radius 2 is 1.55 bits per heavy atom. The molecule has 0 spiro atoms. The lowest BCUT2D eigenvalue weighted by atomic mass is 10.3. The Morgan fingerprint density at radius 3 is 2.15 bits per heavy atom. The fourth-order valence-corrected chi connectivity index (χ4v) is 2.78. The number of hydrogen-bond donors (Lipinski definition) is 1. The minimum atomic E-state index is -0.0394. The van der Waals surface area contributed by atoms with Gasteiger partial charge in [0.15, 0.2) is 0 Å². The van der Waals surface area contributed by atoms with Gasteiger partial charge in [-0.15, -0.1) is 0 Å². The van der Waals surface area contributed by atoms with Gasteiger partial charge in [0.2, 0.25) is 11.8 Å². The maximum absolute atomic E-state index is 11.8. The molecule has 0 bridgehead atoms. The molecule has 2 amide bonds. The smallest absolute Gasteiger partial charge is 0.241 e.